The quantitative estimate of drug-likeness (QED) is 0.323. The first-order chi connectivity index (χ1) is 14.4. The zero-order chi connectivity index (χ0) is 19.2. The van der Waals surface area contributed by atoms with Crippen LogP contribution in [-0.4, -0.2) is 9.38 Å². The molecule has 2 heteroatoms. The van der Waals surface area contributed by atoms with Crippen LogP contribution in [0.4, 0.5) is 0 Å². The molecule has 0 aliphatic carbocycles. The second-order valence-corrected chi connectivity index (χ2v) is 7.33. The molecule has 0 saturated heterocycles. The third-order valence-corrected chi connectivity index (χ3v) is 5.61. The molecule has 0 fully saturated rings. The molecule has 6 rings (SSSR count). The van der Waals surface area contributed by atoms with Crippen LogP contribution >= 0.6 is 0 Å². The highest BCUT2D eigenvalue weighted by Crippen LogP contribution is 2.38. The Hall–Kier alpha value is -3.91. The first-order valence-electron chi connectivity index (χ1n) is 9.82. The summed E-state index contributed by atoms with van der Waals surface area (Å²) in [5.74, 6) is 0. The molecule has 2 nitrogen and oxygen atoms in total. The fourth-order valence-corrected chi connectivity index (χ4v) is 4.21. The van der Waals surface area contributed by atoms with Crippen LogP contribution < -0.4 is 0 Å². The van der Waals surface area contributed by atoms with Gasteiger partial charge in [0.25, 0.3) is 0 Å². The molecule has 3 heterocycles. The molecule has 29 heavy (non-hydrogen) atoms. The molecule has 0 bridgehead atoms. The number of nitrogens with zero attached hydrogens (tertiary/aromatic N) is 2. The van der Waals surface area contributed by atoms with E-state index in [0.29, 0.717) is 0 Å². The summed E-state index contributed by atoms with van der Waals surface area (Å²) in [7, 11) is 0. The number of hydrogen-bond donors (Lipinski definition) is 0. The van der Waals surface area contributed by atoms with Crippen molar-refractivity contribution >= 4 is 16.4 Å². The van der Waals surface area contributed by atoms with E-state index in [9.17, 15) is 0 Å². The van der Waals surface area contributed by atoms with Crippen molar-refractivity contribution in [3.05, 3.63) is 109 Å². The second-order valence-electron chi connectivity index (χ2n) is 7.33. The molecule has 0 N–H and O–H groups in total. The van der Waals surface area contributed by atoms with Crippen LogP contribution in [0.1, 0.15) is 0 Å². The van der Waals surface area contributed by atoms with Gasteiger partial charge in [-0.15, -0.1) is 0 Å². The van der Waals surface area contributed by atoms with Crippen LogP contribution in [0.15, 0.2) is 109 Å². The maximum Gasteiger partial charge on any atom is 0.0957 e. The predicted molar refractivity (Wildman–Crippen MR) is 120 cm³/mol. The summed E-state index contributed by atoms with van der Waals surface area (Å²) in [4.78, 5) is 4.96. The summed E-state index contributed by atoms with van der Waals surface area (Å²) in [5.41, 5.74) is 9.27. The molecule has 4 aromatic rings. The minimum Gasteiger partial charge on any atom is -0.321 e. The van der Waals surface area contributed by atoms with E-state index in [0.717, 1.165) is 16.7 Å². The van der Waals surface area contributed by atoms with Crippen molar-refractivity contribution in [2.45, 2.75) is 0 Å². The molecule has 0 atom stereocenters. The maximum absolute atomic E-state index is 4.96. The van der Waals surface area contributed by atoms with Gasteiger partial charge in [0.1, 0.15) is 0 Å². The van der Waals surface area contributed by atoms with Gasteiger partial charge in [0.05, 0.1) is 16.7 Å². The first kappa shape index (κ1) is 16.1. The van der Waals surface area contributed by atoms with Crippen LogP contribution in [0, 0.1) is 0 Å². The molecular weight excluding hydrogens is 352 g/mol. The predicted octanol–water partition coefficient (Wildman–Crippen LogP) is 6.93. The van der Waals surface area contributed by atoms with E-state index in [1.165, 1.54) is 33.2 Å². The molecule has 2 aliphatic heterocycles. The third-order valence-electron chi connectivity index (χ3n) is 5.61. The average molecular weight is 370 g/mol. The van der Waals surface area contributed by atoms with Crippen LogP contribution in [0.5, 0.6) is 0 Å². The lowest BCUT2D eigenvalue weighted by molar-refractivity contribution is 1.16. The number of aromatic nitrogens is 2. The first-order valence-corrected chi connectivity index (χ1v) is 9.82. The Morgan fingerprint density at radius 1 is 0.586 bits per heavy atom. The topological polar surface area (TPSA) is 17.3 Å². The summed E-state index contributed by atoms with van der Waals surface area (Å²) in [5, 5.41) is 1.21. The number of benzene rings is 3. The molecule has 0 unspecified atom stereocenters. The van der Waals surface area contributed by atoms with Gasteiger partial charge in [-0.2, -0.15) is 0 Å². The summed E-state index contributed by atoms with van der Waals surface area (Å²) >= 11 is 0. The Kier molecular flexibility index (Phi) is 3.50. The number of rotatable bonds is 2. The van der Waals surface area contributed by atoms with Crippen molar-refractivity contribution in [2.24, 2.45) is 0 Å². The smallest absolute Gasteiger partial charge is 0.0957 e. The zero-order valence-corrected chi connectivity index (χ0v) is 15.8. The van der Waals surface area contributed by atoms with Crippen molar-refractivity contribution in [2.75, 3.05) is 0 Å². The van der Waals surface area contributed by atoms with Crippen LogP contribution in [0.2, 0.25) is 0 Å². The Morgan fingerprint density at radius 2 is 1.24 bits per heavy atom. The van der Waals surface area contributed by atoms with Gasteiger partial charge in [-0.1, -0.05) is 78.9 Å². The van der Waals surface area contributed by atoms with E-state index in [1.54, 1.807) is 0 Å². The lowest BCUT2D eigenvalue weighted by Gasteiger charge is -2.15. The Morgan fingerprint density at radius 3 is 2.00 bits per heavy atom. The Balaban J connectivity index is 1.72. The summed E-state index contributed by atoms with van der Waals surface area (Å²) in [6, 6.07) is 34.0. The monoisotopic (exact) mass is 370 g/mol. The standard InChI is InChI=1S/C27H18N2/c1-3-9-19(10-4-1)23-17-26-27-22(21-13-7-8-14-25(21)28-27)15-16-29(26)18-24(23)20-11-5-2-6-12-20/h1-18H. The fourth-order valence-electron chi connectivity index (χ4n) is 4.21. The Labute approximate surface area is 169 Å². The molecule has 0 radical (unpaired) electrons. The van der Waals surface area contributed by atoms with Gasteiger partial charge in [0, 0.05) is 28.9 Å². The van der Waals surface area contributed by atoms with Crippen molar-refractivity contribution in [3.8, 4) is 33.5 Å². The molecule has 1 aromatic heterocycles. The SMILES string of the molecule is c1ccc(-c2cc3c4nc5ccccc5c-4ccn3cc2-c2ccccc2)cc1. The van der Waals surface area contributed by atoms with Crippen molar-refractivity contribution in [1.82, 2.24) is 9.38 Å². The van der Waals surface area contributed by atoms with Crippen LogP contribution in [0.3, 0.4) is 0 Å². The minimum atomic E-state index is 1.05. The highest BCUT2D eigenvalue weighted by molar-refractivity contribution is 6.02. The zero-order valence-electron chi connectivity index (χ0n) is 15.8. The third kappa shape index (κ3) is 2.54. The van der Waals surface area contributed by atoms with Gasteiger partial charge >= 0.3 is 0 Å². The van der Waals surface area contributed by atoms with Crippen molar-refractivity contribution in [3.63, 3.8) is 0 Å². The molecule has 136 valence electrons. The van der Waals surface area contributed by atoms with E-state index in [4.69, 9.17) is 4.98 Å². The number of para-hydroxylation sites is 1. The van der Waals surface area contributed by atoms with E-state index in [2.05, 4.69) is 108 Å². The largest absolute Gasteiger partial charge is 0.321 e. The number of hydrogen-bond acceptors (Lipinski definition) is 1. The number of pyridine rings is 2. The van der Waals surface area contributed by atoms with Crippen molar-refractivity contribution < 1.29 is 0 Å². The molecule has 3 aromatic carbocycles. The molecule has 0 saturated carbocycles. The highest BCUT2D eigenvalue weighted by atomic mass is 14.9. The normalized spacial score (nSPS) is 11.4. The molecule has 2 aliphatic rings. The summed E-state index contributed by atoms with van der Waals surface area (Å²) < 4.78 is 2.20. The van der Waals surface area contributed by atoms with E-state index >= 15 is 0 Å². The second kappa shape index (κ2) is 6.32. The molecule has 0 amide bonds. The lowest BCUT2D eigenvalue weighted by atomic mass is 9.95. The van der Waals surface area contributed by atoms with E-state index < -0.39 is 0 Å². The van der Waals surface area contributed by atoms with Crippen LogP contribution in [-0.2, 0) is 0 Å². The molecule has 0 spiro atoms. The summed E-state index contributed by atoms with van der Waals surface area (Å²) in [6.07, 6.45) is 4.37. The van der Waals surface area contributed by atoms with Gasteiger partial charge in [0.2, 0.25) is 0 Å². The van der Waals surface area contributed by atoms with Gasteiger partial charge in [-0.05, 0) is 34.9 Å². The van der Waals surface area contributed by atoms with Crippen LogP contribution in [0.25, 0.3) is 49.9 Å². The lowest BCUT2D eigenvalue weighted by Crippen LogP contribution is -1.96. The van der Waals surface area contributed by atoms with Crippen molar-refractivity contribution in [1.29, 1.82) is 0 Å². The van der Waals surface area contributed by atoms with E-state index in [1.807, 2.05) is 6.07 Å². The van der Waals surface area contributed by atoms with Gasteiger partial charge < -0.3 is 4.40 Å². The Bertz CT molecular complexity index is 1430. The highest BCUT2D eigenvalue weighted by Gasteiger charge is 2.17. The minimum absolute atomic E-state index is 1.05. The van der Waals surface area contributed by atoms with Gasteiger partial charge in [-0.3, -0.25) is 0 Å². The van der Waals surface area contributed by atoms with Gasteiger partial charge in [0.15, 0.2) is 0 Å². The number of fused-ring (bicyclic) bond motifs is 5. The molecular formula is C27H18N2. The average Bonchev–Trinajstić information content (AvgIpc) is 3.18. The maximum atomic E-state index is 4.96. The summed E-state index contributed by atoms with van der Waals surface area (Å²) in [6.45, 7) is 0. The fraction of sp³-hybridized carbons (Fsp3) is 0. The van der Waals surface area contributed by atoms with E-state index in [-0.39, 0.29) is 0 Å². The van der Waals surface area contributed by atoms with Gasteiger partial charge in [-0.25, -0.2) is 4.98 Å².